The number of amides is 1. The van der Waals surface area contributed by atoms with Gasteiger partial charge in [0.1, 0.15) is 5.60 Å². The van der Waals surface area contributed by atoms with Gasteiger partial charge in [-0.3, -0.25) is 0 Å². The van der Waals surface area contributed by atoms with Crippen LogP contribution < -0.4 is 0 Å². The third-order valence-electron chi connectivity index (χ3n) is 4.38. The molecule has 1 amide bonds. The van der Waals surface area contributed by atoms with E-state index in [0.717, 1.165) is 24.8 Å². The van der Waals surface area contributed by atoms with E-state index in [-0.39, 0.29) is 18.2 Å². The summed E-state index contributed by atoms with van der Waals surface area (Å²) in [6, 6.07) is 7.31. The van der Waals surface area contributed by atoms with Crippen molar-refractivity contribution in [1.82, 2.24) is 4.90 Å². The van der Waals surface area contributed by atoms with Crippen LogP contribution in [0.5, 0.6) is 0 Å². The Morgan fingerprint density at radius 1 is 1.33 bits per heavy atom. The van der Waals surface area contributed by atoms with Gasteiger partial charge in [-0.2, -0.15) is 0 Å². The smallest absolute Gasteiger partial charge is 0.410 e. The molecule has 1 N–H and O–H groups in total. The van der Waals surface area contributed by atoms with Crippen LogP contribution in [-0.2, 0) is 4.74 Å². The monoisotopic (exact) mass is 353 g/mol. The Morgan fingerprint density at radius 2 is 1.96 bits per heavy atom. The quantitative estimate of drug-likeness (QED) is 0.837. The molecule has 1 aliphatic rings. The Balaban J connectivity index is 2.10. The summed E-state index contributed by atoms with van der Waals surface area (Å²) >= 11 is 5.90. The summed E-state index contributed by atoms with van der Waals surface area (Å²) in [5.74, 6) is 0. The first-order valence-corrected chi connectivity index (χ1v) is 9.00. The lowest BCUT2D eigenvalue weighted by Gasteiger charge is -2.41. The van der Waals surface area contributed by atoms with Crippen molar-refractivity contribution in [2.24, 2.45) is 0 Å². The van der Waals surface area contributed by atoms with E-state index in [1.807, 2.05) is 44.7 Å². The lowest BCUT2D eigenvalue weighted by Crippen LogP contribution is -2.51. The molecule has 0 spiro atoms. The molecule has 1 aromatic rings. The van der Waals surface area contributed by atoms with Gasteiger partial charge in [-0.1, -0.05) is 23.7 Å². The number of rotatable bonds is 3. The Hall–Kier alpha value is -1.26. The Labute approximate surface area is 149 Å². The second-order valence-corrected chi connectivity index (χ2v) is 8.06. The molecular weight excluding hydrogens is 326 g/mol. The van der Waals surface area contributed by atoms with Crippen LogP contribution in [-0.4, -0.2) is 33.8 Å². The van der Waals surface area contributed by atoms with Gasteiger partial charge >= 0.3 is 6.09 Å². The zero-order chi connectivity index (χ0) is 17.9. The first-order chi connectivity index (χ1) is 11.2. The van der Waals surface area contributed by atoms with Crippen molar-refractivity contribution in [2.75, 3.05) is 0 Å². The van der Waals surface area contributed by atoms with Gasteiger partial charge in [0.25, 0.3) is 0 Å². The molecule has 5 heteroatoms. The topological polar surface area (TPSA) is 49.8 Å². The molecule has 134 valence electrons. The van der Waals surface area contributed by atoms with Gasteiger partial charge < -0.3 is 14.7 Å². The Kier molecular flexibility index (Phi) is 6.16. The average Bonchev–Trinajstić information content (AvgIpc) is 2.46. The average molecular weight is 354 g/mol. The molecule has 24 heavy (non-hydrogen) atoms. The molecule has 0 radical (unpaired) electrons. The molecular formula is C19H28ClNO3. The first kappa shape index (κ1) is 19.1. The summed E-state index contributed by atoms with van der Waals surface area (Å²) in [6.45, 7) is 7.66. The van der Waals surface area contributed by atoms with Crippen LogP contribution >= 0.6 is 11.6 Å². The lowest BCUT2D eigenvalue weighted by atomic mass is 9.91. The third-order valence-corrected chi connectivity index (χ3v) is 4.63. The molecule has 2 rings (SSSR count). The van der Waals surface area contributed by atoms with Gasteiger partial charge in [-0.05, 0) is 71.1 Å². The van der Waals surface area contributed by atoms with Crippen LogP contribution in [0.4, 0.5) is 4.79 Å². The number of carbonyl (C=O) groups is 1. The van der Waals surface area contributed by atoms with Crippen molar-refractivity contribution in [3.63, 3.8) is 0 Å². The van der Waals surface area contributed by atoms with E-state index in [9.17, 15) is 9.90 Å². The molecule has 0 saturated carbocycles. The van der Waals surface area contributed by atoms with Crippen LogP contribution in [0.15, 0.2) is 24.3 Å². The molecule has 3 atom stereocenters. The molecule has 4 nitrogen and oxygen atoms in total. The fraction of sp³-hybridized carbons (Fsp3) is 0.632. The third kappa shape index (κ3) is 5.12. The molecule has 1 fully saturated rings. The van der Waals surface area contributed by atoms with Crippen LogP contribution in [0.1, 0.15) is 65.0 Å². The summed E-state index contributed by atoms with van der Waals surface area (Å²) in [6.07, 6.45) is 2.50. The highest BCUT2D eigenvalue weighted by atomic mass is 35.5. The number of aliphatic hydroxyl groups excluding tert-OH is 1. The molecule has 0 aliphatic carbocycles. The van der Waals surface area contributed by atoms with Gasteiger partial charge in [0.05, 0.1) is 6.10 Å². The van der Waals surface area contributed by atoms with E-state index in [0.29, 0.717) is 11.4 Å². The largest absolute Gasteiger partial charge is 0.444 e. The number of ether oxygens (including phenoxy) is 1. The highest BCUT2D eigenvalue weighted by Gasteiger charge is 2.35. The van der Waals surface area contributed by atoms with E-state index in [1.54, 1.807) is 12.1 Å². The standard InChI is InChI=1S/C19H28ClNO3/c1-13-6-5-7-16(21(13)18(23)24-19(2,3)4)12-17(22)14-8-10-15(20)11-9-14/h8-11,13,16-17,22H,5-7,12H2,1-4H3. The zero-order valence-corrected chi connectivity index (χ0v) is 15.7. The van der Waals surface area contributed by atoms with E-state index in [2.05, 4.69) is 0 Å². The number of piperidine rings is 1. The summed E-state index contributed by atoms with van der Waals surface area (Å²) in [4.78, 5) is 14.4. The Bertz CT molecular complexity index is 553. The maximum atomic E-state index is 12.6. The molecule has 1 aromatic carbocycles. The van der Waals surface area contributed by atoms with E-state index in [1.165, 1.54) is 0 Å². The first-order valence-electron chi connectivity index (χ1n) is 8.62. The minimum Gasteiger partial charge on any atom is -0.444 e. The van der Waals surface area contributed by atoms with Crippen molar-refractivity contribution in [2.45, 2.75) is 77.2 Å². The molecule has 3 unspecified atom stereocenters. The van der Waals surface area contributed by atoms with E-state index < -0.39 is 11.7 Å². The Morgan fingerprint density at radius 3 is 2.54 bits per heavy atom. The van der Waals surface area contributed by atoms with Crippen LogP contribution in [0.2, 0.25) is 5.02 Å². The SMILES string of the molecule is CC1CCCC(CC(O)c2ccc(Cl)cc2)N1C(=O)OC(C)(C)C. The predicted octanol–water partition coefficient (Wildman–Crippen LogP) is 4.94. The summed E-state index contributed by atoms with van der Waals surface area (Å²) in [7, 11) is 0. The van der Waals surface area contributed by atoms with Crippen molar-refractivity contribution < 1.29 is 14.6 Å². The molecule has 1 saturated heterocycles. The van der Waals surface area contributed by atoms with Crippen molar-refractivity contribution in [1.29, 1.82) is 0 Å². The maximum absolute atomic E-state index is 12.6. The van der Waals surface area contributed by atoms with Gasteiger partial charge in [-0.15, -0.1) is 0 Å². The summed E-state index contributed by atoms with van der Waals surface area (Å²) < 4.78 is 5.57. The number of nitrogens with zero attached hydrogens (tertiary/aromatic N) is 1. The number of halogens is 1. The zero-order valence-electron chi connectivity index (χ0n) is 15.0. The predicted molar refractivity (Wildman–Crippen MR) is 96.2 cm³/mol. The lowest BCUT2D eigenvalue weighted by molar-refractivity contribution is -0.0112. The molecule has 0 aromatic heterocycles. The highest BCUT2D eigenvalue weighted by Crippen LogP contribution is 2.31. The van der Waals surface area contributed by atoms with Crippen molar-refractivity contribution in [3.8, 4) is 0 Å². The minimum absolute atomic E-state index is 0.0192. The normalized spacial score (nSPS) is 23.0. The number of benzene rings is 1. The number of hydrogen-bond acceptors (Lipinski definition) is 3. The maximum Gasteiger partial charge on any atom is 0.410 e. The highest BCUT2D eigenvalue weighted by molar-refractivity contribution is 6.30. The fourth-order valence-corrected chi connectivity index (χ4v) is 3.37. The van der Waals surface area contributed by atoms with Gasteiger partial charge in [0, 0.05) is 17.1 Å². The number of carbonyl (C=O) groups excluding carboxylic acids is 1. The van der Waals surface area contributed by atoms with E-state index >= 15 is 0 Å². The second kappa shape index (κ2) is 7.75. The van der Waals surface area contributed by atoms with Crippen LogP contribution in [0.3, 0.4) is 0 Å². The van der Waals surface area contributed by atoms with Gasteiger partial charge in [0.2, 0.25) is 0 Å². The van der Waals surface area contributed by atoms with Gasteiger partial charge in [0.15, 0.2) is 0 Å². The van der Waals surface area contributed by atoms with Crippen molar-refractivity contribution in [3.05, 3.63) is 34.9 Å². The van der Waals surface area contributed by atoms with E-state index in [4.69, 9.17) is 16.3 Å². The minimum atomic E-state index is -0.623. The van der Waals surface area contributed by atoms with Crippen molar-refractivity contribution >= 4 is 17.7 Å². The molecule has 1 heterocycles. The van der Waals surface area contributed by atoms with Crippen LogP contribution in [0.25, 0.3) is 0 Å². The van der Waals surface area contributed by atoms with Gasteiger partial charge in [-0.25, -0.2) is 4.79 Å². The summed E-state index contributed by atoms with van der Waals surface area (Å²) in [5.41, 5.74) is 0.301. The summed E-state index contributed by atoms with van der Waals surface area (Å²) in [5, 5.41) is 11.2. The number of hydrogen-bond donors (Lipinski definition) is 1. The fourth-order valence-electron chi connectivity index (χ4n) is 3.24. The number of likely N-dealkylation sites (tertiary alicyclic amines) is 1. The molecule has 0 bridgehead atoms. The number of aliphatic hydroxyl groups is 1. The van der Waals surface area contributed by atoms with Crippen LogP contribution in [0, 0.1) is 0 Å². The second-order valence-electron chi connectivity index (χ2n) is 7.62. The molecule has 1 aliphatic heterocycles.